The van der Waals surface area contributed by atoms with Gasteiger partial charge in [0.1, 0.15) is 5.82 Å². The van der Waals surface area contributed by atoms with E-state index in [1.54, 1.807) is 13.8 Å². The number of rotatable bonds is 1. The molecule has 2 nitrogen and oxygen atoms in total. The molecule has 0 unspecified atom stereocenters. The lowest BCUT2D eigenvalue weighted by atomic mass is 10.0. The van der Waals surface area contributed by atoms with Crippen molar-refractivity contribution in [2.24, 2.45) is 0 Å². The molecule has 0 saturated heterocycles. The molecule has 0 bridgehead atoms. The van der Waals surface area contributed by atoms with Crippen molar-refractivity contribution in [1.82, 2.24) is 0 Å². The first-order valence-corrected chi connectivity index (χ1v) is 4.43. The number of carbonyl (C=O) groups is 1. The third kappa shape index (κ3) is 1.72. The average Bonchev–Trinajstić information content (AvgIpc) is 1.99. The minimum atomic E-state index is -1.03. The number of halogens is 2. The number of aryl methyl sites for hydroxylation is 1. The van der Waals surface area contributed by atoms with Gasteiger partial charge in [0, 0.05) is 0 Å². The van der Waals surface area contributed by atoms with E-state index < -0.39 is 11.8 Å². The van der Waals surface area contributed by atoms with E-state index in [4.69, 9.17) is 5.11 Å². The van der Waals surface area contributed by atoms with Crippen LogP contribution in [-0.2, 0) is 0 Å². The van der Waals surface area contributed by atoms with E-state index in [-0.39, 0.29) is 10.0 Å². The monoisotopic (exact) mass is 246 g/mol. The molecule has 0 fully saturated rings. The maximum absolute atomic E-state index is 13.0. The van der Waals surface area contributed by atoms with Gasteiger partial charge in [-0.1, -0.05) is 0 Å². The molecule has 0 spiro atoms. The fourth-order valence-electron chi connectivity index (χ4n) is 1.24. The van der Waals surface area contributed by atoms with Gasteiger partial charge < -0.3 is 5.11 Å². The van der Waals surface area contributed by atoms with E-state index in [1.165, 1.54) is 6.07 Å². The number of benzene rings is 1. The van der Waals surface area contributed by atoms with Gasteiger partial charge in [-0.15, -0.1) is 0 Å². The molecule has 0 aliphatic carbocycles. The maximum atomic E-state index is 13.0. The summed E-state index contributed by atoms with van der Waals surface area (Å²) in [6.45, 7) is 3.15. The van der Waals surface area contributed by atoms with Crippen LogP contribution in [0.1, 0.15) is 21.5 Å². The third-order valence-electron chi connectivity index (χ3n) is 1.87. The summed E-state index contributed by atoms with van der Waals surface area (Å²) >= 11 is 2.99. The van der Waals surface area contributed by atoms with Crippen LogP contribution in [0.5, 0.6) is 0 Å². The number of aromatic carboxylic acids is 1. The second-order valence-corrected chi connectivity index (χ2v) is 3.59. The Balaban J connectivity index is 3.53. The van der Waals surface area contributed by atoms with Gasteiger partial charge in [-0.05, 0) is 47.0 Å². The average molecular weight is 247 g/mol. The van der Waals surface area contributed by atoms with E-state index in [9.17, 15) is 9.18 Å². The van der Waals surface area contributed by atoms with Gasteiger partial charge in [0.05, 0.1) is 10.0 Å². The summed E-state index contributed by atoms with van der Waals surface area (Å²) in [6, 6.07) is 1.21. The molecule has 13 heavy (non-hydrogen) atoms. The van der Waals surface area contributed by atoms with Crippen molar-refractivity contribution >= 4 is 21.9 Å². The summed E-state index contributed by atoms with van der Waals surface area (Å²) in [5.41, 5.74) is 1.02. The lowest BCUT2D eigenvalue weighted by Crippen LogP contribution is -2.04. The largest absolute Gasteiger partial charge is 0.478 e. The number of carboxylic acids is 1. The molecule has 1 N–H and O–H groups in total. The summed E-state index contributed by atoms with van der Waals surface area (Å²) in [6.07, 6.45) is 0. The first-order valence-electron chi connectivity index (χ1n) is 3.63. The summed E-state index contributed by atoms with van der Waals surface area (Å²) in [5.74, 6) is -1.46. The molecule has 4 heteroatoms. The third-order valence-corrected chi connectivity index (χ3v) is 2.84. The molecule has 1 rings (SSSR count). The smallest absolute Gasteiger partial charge is 0.336 e. The van der Waals surface area contributed by atoms with Crippen molar-refractivity contribution in [1.29, 1.82) is 0 Å². The first-order chi connectivity index (χ1) is 5.95. The Bertz CT molecular complexity index is 374. The fraction of sp³-hybridized carbons (Fsp3) is 0.222. The summed E-state index contributed by atoms with van der Waals surface area (Å²) < 4.78 is 13.3. The minimum Gasteiger partial charge on any atom is -0.478 e. The van der Waals surface area contributed by atoms with Crippen LogP contribution in [0.4, 0.5) is 4.39 Å². The summed E-state index contributed by atoms with van der Waals surface area (Å²) in [5, 5.41) is 8.82. The zero-order valence-corrected chi connectivity index (χ0v) is 8.77. The Hall–Kier alpha value is -0.900. The molecule has 70 valence electrons. The Labute approximate surface area is 83.5 Å². The van der Waals surface area contributed by atoms with Crippen LogP contribution in [-0.4, -0.2) is 11.1 Å². The van der Waals surface area contributed by atoms with E-state index in [1.807, 2.05) is 0 Å². The van der Waals surface area contributed by atoms with Crippen molar-refractivity contribution in [3.05, 3.63) is 33.0 Å². The molecule has 0 saturated carbocycles. The van der Waals surface area contributed by atoms with E-state index in [0.29, 0.717) is 11.1 Å². The number of hydrogen-bond acceptors (Lipinski definition) is 1. The molecular formula is C9H8BrFO2. The topological polar surface area (TPSA) is 37.3 Å². The molecule has 0 aromatic heterocycles. The van der Waals surface area contributed by atoms with Gasteiger partial charge in [-0.25, -0.2) is 9.18 Å². The van der Waals surface area contributed by atoms with Crippen molar-refractivity contribution < 1.29 is 14.3 Å². The number of hydrogen-bond donors (Lipinski definition) is 1. The zero-order valence-electron chi connectivity index (χ0n) is 7.19. The zero-order chi connectivity index (χ0) is 10.2. The second-order valence-electron chi connectivity index (χ2n) is 2.79. The number of carboxylic acid groups (broad SMARTS) is 1. The van der Waals surface area contributed by atoms with Crippen LogP contribution in [0.3, 0.4) is 0 Å². The van der Waals surface area contributed by atoms with Crippen molar-refractivity contribution in [3.8, 4) is 0 Å². The molecule has 1 aromatic carbocycles. The van der Waals surface area contributed by atoms with Gasteiger partial charge >= 0.3 is 5.97 Å². The Morgan fingerprint density at radius 1 is 1.54 bits per heavy atom. The molecule has 1 aromatic rings. The van der Waals surface area contributed by atoms with Crippen LogP contribution in [0.25, 0.3) is 0 Å². The molecular weight excluding hydrogens is 239 g/mol. The first kappa shape index (κ1) is 10.2. The van der Waals surface area contributed by atoms with E-state index in [2.05, 4.69) is 15.9 Å². The molecule has 0 aliphatic rings. The predicted octanol–water partition coefficient (Wildman–Crippen LogP) is 2.90. The van der Waals surface area contributed by atoms with Crippen LogP contribution < -0.4 is 0 Å². The highest BCUT2D eigenvalue weighted by atomic mass is 79.9. The normalized spacial score (nSPS) is 10.2. The molecule has 0 aliphatic heterocycles. The van der Waals surface area contributed by atoms with E-state index in [0.717, 1.165) is 0 Å². The Morgan fingerprint density at radius 3 is 2.54 bits per heavy atom. The molecule has 0 atom stereocenters. The van der Waals surface area contributed by atoms with Crippen LogP contribution in [0.15, 0.2) is 10.5 Å². The van der Waals surface area contributed by atoms with Gasteiger partial charge in [0.25, 0.3) is 0 Å². The molecule has 0 amide bonds. The summed E-state index contributed by atoms with van der Waals surface area (Å²) in [4.78, 5) is 10.8. The van der Waals surface area contributed by atoms with Gasteiger partial charge in [0.2, 0.25) is 0 Å². The van der Waals surface area contributed by atoms with Crippen LogP contribution >= 0.6 is 15.9 Å². The Kier molecular flexibility index (Phi) is 2.71. The predicted molar refractivity (Wildman–Crippen MR) is 50.5 cm³/mol. The SMILES string of the molecule is Cc1cc(F)c(Br)c(C)c1C(=O)O. The lowest BCUT2D eigenvalue weighted by molar-refractivity contribution is 0.0695. The highest BCUT2D eigenvalue weighted by Gasteiger charge is 2.15. The molecule has 0 heterocycles. The minimum absolute atomic E-state index is 0.160. The van der Waals surface area contributed by atoms with Crippen molar-refractivity contribution in [2.75, 3.05) is 0 Å². The van der Waals surface area contributed by atoms with Gasteiger partial charge in [0.15, 0.2) is 0 Å². The van der Waals surface area contributed by atoms with Crippen LogP contribution in [0.2, 0.25) is 0 Å². The van der Waals surface area contributed by atoms with Crippen LogP contribution in [0, 0.1) is 19.7 Å². The second kappa shape index (κ2) is 3.46. The van der Waals surface area contributed by atoms with Crippen molar-refractivity contribution in [2.45, 2.75) is 13.8 Å². The standard InChI is InChI=1S/C9H8BrFO2/c1-4-3-6(11)8(10)5(2)7(4)9(12)13/h3H,1-2H3,(H,12,13). The van der Waals surface area contributed by atoms with Gasteiger partial charge in [-0.2, -0.15) is 0 Å². The maximum Gasteiger partial charge on any atom is 0.336 e. The lowest BCUT2D eigenvalue weighted by Gasteiger charge is -2.07. The Morgan fingerprint density at radius 2 is 2.08 bits per heavy atom. The quantitative estimate of drug-likeness (QED) is 0.828. The molecule has 0 radical (unpaired) electrons. The summed E-state index contributed by atoms with van der Waals surface area (Å²) in [7, 11) is 0. The van der Waals surface area contributed by atoms with Crippen molar-refractivity contribution in [3.63, 3.8) is 0 Å². The highest BCUT2D eigenvalue weighted by molar-refractivity contribution is 9.10. The van der Waals surface area contributed by atoms with E-state index >= 15 is 0 Å². The highest BCUT2D eigenvalue weighted by Crippen LogP contribution is 2.26. The van der Waals surface area contributed by atoms with Gasteiger partial charge in [-0.3, -0.25) is 0 Å². The fourth-order valence-corrected chi connectivity index (χ4v) is 1.55.